The second kappa shape index (κ2) is 29.9. The summed E-state index contributed by atoms with van der Waals surface area (Å²) in [5.74, 6) is -5.54. The first kappa shape index (κ1) is 79.0. The topological polar surface area (TPSA) is 834 Å². The van der Waals surface area contributed by atoms with Crippen LogP contribution in [-0.4, -0.2) is 327 Å². The molecule has 0 aromatic heterocycles. The van der Waals surface area contributed by atoms with Gasteiger partial charge in [-0.25, -0.2) is 81.5 Å². The van der Waals surface area contributed by atoms with Gasteiger partial charge in [0.1, 0.15) is 116 Å². The van der Waals surface area contributed by atoms with E-state index < -0.39 is 268 Å². The van der Waals surface area contributed by atoms with Crippen LogP contribution in [0.25, 0.3) is 0 Å². The Kier molecular flexibility index (Phi) is 26.0. The number of aliphatic carboxylic acids is 2. The van der Waals surface area contributed by atoms with Crippen molar-refractivity contribution in [2.24, 2.45) is 0 Å². The standard InChI is InChI=1S/C31H53N3O49S8/c1-69-27-9(33-85(48,49)50)13(37)17(6(74-27)3-71-88(57,58)59)76-31-22(83-91(66,67)68)16(40)21(24(81-31)26(43)44)79-29-10(34-86(51,52)53)19(82-90(63,64)65)18(7(75-29)4-72-89(60,61)62)77-30-15(39)14(38)20(23(80-30)25(41)42)78-28-8(32-84(45,46)47)12(36)11(35)5(73-28)2-70-87(54,55)56/h5-24,27-40H,2-4H2,1H3,(H,41,42)(H,43,44)(H,45,46,47)(H,48,49,50)(H,51,52,53)(H,54,55,56)(H,57,58,59)(H,60,61,62)(H,63,64,65)(H,66,67,68)/p-10/t5-,6-,7-,8-,9-,10-,11-,12-,13-,14-,15-,16+,17-,18-,19-,20+,21+,22-,23+,24-,27+,28-,29+,30-,31-/m1/s1. The number of carbonyl (C=O) groups excluding carboxylic acids is 2. The number of nitrogens with one attached hydrogen (secondary N) is 3. The highest BCUT2D eigenvalue weighted by Crippen LogP contribution is 2.38. The number of aliphatic hydroxyl groups is 6. The van der Waals surface area contributed by atoms with E-state index in [1.165, 1.54) is 4.72 Å². The van der Waals surface area contributed by atoms with Gasteiger partial charge in [-0.15, -0.1) is 0 Å². The van der Waals surface area contributed by atoms with Crippen LogP contribution in [0, 0.1) is 0 Å². The third-order valence-corrected chi connectivity index (χ3v) is 16.2. The van der Waals surface area contributed by atoms with E-state index in [0.717, 1.165) is 9.44 Å². The normalized spacial score (nSPS) is 38.6. The van der Waals surface area contributed by atoms with Gasteiger partial charge in [-0.3, -0.25) is 20.9 Å². The molecule has 60 heteroatoms. The van der Waals surface area contributed by atoms with Crippen molar-refractivity contribution in [2.75, 3.05) is 26.9 Å². The summed E-state index contributed by atoms with van der Waals surface area (Å²) in [6.07, 6.45) is -66.6. The largest absolute Gasteiger partial charge is 0.735 e. The molecular formula is C31H43N3O49S8-10. The number of carboxylic acids is 2. The summed E-state index contributed by atoms with van der Waals surface area (Å²) < 4.78 is 359. The van der Waals surface area contributed by atoms with E-state index in [2.05, 4.69) is 20.9 Å². The number of ether oxygens (including phenoxy) is 10. The molecule has 0 bridgehead atoms. The zero-order valence-corrected chi connectivity index (χ0v) is 50.1. The Balaban J connectivity index is 1.60. The highest BCUT2D eigenvalue weighted by molar-refractivity contribution is 7.84. The molecule has 5 saturated heterocycles. The first-order chi connectivity index (χ1) is 41.2. The van der Waals surface area contributed by atoms with E-state index >= 15 is 0 Å². The summed E-state index contributed by atoms with van der Waals surface area (Å²) in [7, 11) is -48.4. The SMILES string of the molecule is CO[C@H]1O[C@H](COS(=O)(=O)[O-])[C@@H](O[C@@H]2O[C@@H](C(=O)[O-])[C@@H](O[C@@H]3O[C@H](COS(=O)(=O)[O-])[C@@H](O[C@@H]4O[C@H](C(=O)[O-])[C@@H](O[C@H]5O[C@H](COS(=O)(=O)[O-])[C@@H](O)[C@H](O)[C@H]5NS(=O)(=O)[O-])[C@H](O)[C@H]4O)[C@H](OS(=O)(=O)[O-])[C@H]3NS(=O)(=O)[O-])[C@H](O)[C@H]2OS(=O)(=O)[O-])[C@H](O)[C@H]1NS(=O)(=O)[O-]. The van der Waals surface area contributed by atoms with Crippen LogP contribution in [0.5, 0.6) is 0 Å². The summed E-state index contributed by atoms with van der Waals surface area (Å²) in [6.45, 7) is -5.44. The number of carboxylic acid groups (broad SMARTS) is 2. The summed E-state index contributed by atoms with van der Waals surface area (Å²) in [5, 5.41) is 92.1. The molecule has 0 saturated carbocycles. The number of hydrogen-bond donors (Lipinski definition) is 9. The molecule has 0 aliphatic carbocycles. The molecule has 25 atom stereocenters. The Morgan fingerprint density at radius 2 is 0.714 bits per heavy atom. The van der Waals surface area contributed by atoms with Gasteiger partial charge in [0, 0.05) is 7.11 Å². The quantitative estimate of drug-likeness (QED) is 0.0238. The maximum atomic E-state index is 12.8. The van der Waals surface area contributed by atoms with Crippen molar-refractivity contribution in [3.8, 4) is 0 Å². The minimum Gasteiger partial charge on any atom is -0.735 e. The third kappa shape index (κ3) is 22.9. The van der Waals surface area contributed by atoms with Crippen molar-refractivity contribution >= 4 is 94.8 Å². The smallest absolute Gasteiger partial charge is 0.218 e. The Morgan fingerprint density at radius 1 is 0.363 bits per heavy atom. The molecule has 5 fully saturated rings. The van der Waals surface area contributed by atoms with Crippen LogP contribution in [0.1, 0.15) is 0 Å². The lowest BCUT2D eigenvalue weighted by molar-refractivity contribution is -0.389. The highest BCUT2D eigenvalue weighted by atomic mass is 32.3. The zero-order valence-electron chi connectivity index (χ0n) is 43.6. The fourth-order valence-corrected chi connectivity index (χ4v) is 12.6. The molecule has 0 aromatic rings. The van der Waals surface area contributed by atoms with E-state index in [-0.39, 0.29) is 0 Å². The lowest BCUT2D eigenvalue weighted by Crippen LogP contribution is -2.72. The second-order valence-corrected chi connectivity index (χ2v) is 27.1. The first-order valence-corrected chi connectivity index (χ1v) is 34.3. The van der Waals surface area contributed by atoms with Crippen LogP contribution in [0.3, 0.4) is 0 Å². The lowest BCUT2D eigenvalue weighted by Gasteiger charge is -2.52. The van der Waals surface area contributed by atoms with E-state index in [1.807, 2.05) is 0 Å². The Hall–Kier alpha value is -2.74. The van der Waals surface area contributed by atoms with Crippen LogP contribution in [0.15, 0.2) is 0 Å². The number of methoxy groups -OCH3 is 1. The maximum absolute atomic E-state index is 12.8. The molecule has 0 amide bonds. The summed E-state index contributed by atoms with van der Waals surface area (Å²) in [4.78, 5) is 25.5. The molecule has 5 aliphatic rings. The molecular weight excluding hydrogens is 1450 g/mol. The van der Waals surface area contributed by atoms with E-state index in [0.29, 0.717) is 7.11 Å². The molecule has 9 N–H and O–H groups in total. The van der Waals surface area contributed by atoms with Gasteiger partial charge in [-0.1, -0.05) is 0 Å². The van der Waals surface area contributed by atoms with Gasteiger partial charge in [0.25, 0.3) is 0 Å². The molecule has 534 valence electrons. The van der Waals surface area contributed by atoms with Crippen LogP contribution in [0.4, 0.5) is 0 Å². The summed E-state index contributed by atoms with van der Waals surface area (Å²) in [6, 6.07) is -8.60. The summed E-state index contributed by atoms with van der Waals surface area (Å²) >= 11 is 0. The number of hydrogen-bond acceptors (Lipinski definition) is 49. The molecule has 5 heterocycles. The predicted molar refractivity (Wildman–Crippen MR) is 242 cm³/mol. The van der Waals surface area contributed by atoms with Gasteiger partial charge in [-0.05, 0) is 0 Å². The maximum Gasteiger partial charge on any atom is 0.218 e. The van der Waals surface area contributed by atoms with Crippen molar-refractivity contribution < 1.29 is 222 Å². The van der Waals surface area contributed by atoms with E-state index in [4.69, 9.17) is 47.4 Å². The molecule has 0 spiro atoms. The van der Waals surface area contributed by atoms with Gasteiger partial charge >= 0.3 is 0 Å². The van der Waals surface area contributed by atoms with Gasteiger partial charge in [0.2, 0.25) is 52.0 Å². The highest BCUT2D eigenvalue weighted by Gasteiger charge is 2.59. The van der Waals surface area contributed by atoms with Crippen molar-refractivity contribution in [1.82, 2.24) is 14.2 Å². The van der Waals surface area contributed by atoms with E-state index in [1.54, 1.807) is 0 Å². The molecule has 0 aromatic carbocycles. The Labute approximate surface area is 509 Å². The Morgan fingerprint density at radius 3 is 1.14 bits per heavy atom. The van der Waals surface area contributed by atoms with E-state index in [9.17, 15) is 154 Å². The van der Waals surface area contributed by atoms with Crippen molar-refractivity contribution in [1.29, 1.82) is 0 Å². The fourth-order valence-electron chi connectivity index (χ4n) is 8.93. The first-order valence-electron chi connectivity index (χ1n) is 23.4. The van der Waals surface area contributed by atoms with Crippen LogP contribution in [-0.2, 0) is 161 Å². The summed E-state index contributed by atoms with van der Waals surface area (Å²) in [5.41, 5.74) is 0. The van der Waals surface area contributed by atoms with Crippen LogP contribution in [0.2, 0.25) is 0 Å². The molecule has 5 rings (SSSR count). The number of aliphatic hydroxyl groups excluding tert-OH is 6. The minimum atomic E-state index is -6.68. The van der Waals surface area contributed by atoms with Gasteiger partial charge in [0.05, 0.1) is 31.8 Å². The number of carbonyl (C=O) groups is 2. The Bertz CT molecular complexity index is 3490. The van der Waals surface area contributed by atoms with Gasteiger partial charge < -0.3 is 134 Å². The van der Waals surface area contributed by atoms with Gasteiger partial charge in [0.15, 0.2) is 68.5 Å². The average molecular weight is 1500 g/mol. The molecule has 91 heavy (non-hydrogen) atoms. The number of rotatable bonds is 30. The monoisotopic (exact) mass is 1500 g/mol. The van der Waals surface area contributed by atoms with Crippen LogP contribution >= 0.6 is 0 Å². The lowest BCUT2D eigenvalue weighted by atomic mass is 9.94. The van der Waals surface area contributed by atoms with Gasteiger partial charge in [-0.2, -0.15) is 0 Å². The molecule has 0 radical (unpaired) electrons. The second-order valence-electron chi connectivity index (χ2n) is 18.5. The van der Waals surface area contributed by atoms with Crippen molar-refractivity contribution in [2.45, 2.75) is 153 Å². The minimum absolute atomic E-state index is 0.674. The van der Waals surface area contributed by atoms with Crippen molar-refractivity contribution in [3.05, 3.63) is 0 Å². The predicted octanol–water partition coefficient (Wildman–Crippen LogP) is -19.2. The fraction of sp³-hybridized carbons (Fsp3) is 0.935. The molecule has 52 nitrogen and oxygen atoms in total. The molecule has 0 unspecified atom stereocenters. The van der Waals surface area contributed by atoms with Crippen molar-refractivity contribution in [3.63, 3.8) is 0 Å². The third-order valence-electron chi connectivity index (χ3n) is 12.4. The average Bonchev–Trinajstić information content (AvgIpc) is 0.767. The van der Waals surface area contributed by atoms with Crippen LogP contribution < -0.4 is 24.4 Å². The molecule has 5 aliphatic heterocycles. The zero-order chi connectivity index (χ0) is 69.4.